The van der Waals surface area contributed by atoms with E-state index in [0.29, 0.717) is 42.5 Å². The van der Waals surface area contributed by atoms with Crippen molar-refractivity contribution in [3.63, 3.8) is 0 Å². The lowest BCUT2D eigenvalue weighted by molar-refractivity contribution is -0.129. The number of hydrogen-bond donors (Lipinski definition) is 1. The number of nitrogens with zero attached hydrogens (tertiary/aromatic N) is 1. The quantitative estimate of drug-likeness (QED) is 0.840. The van der Waals surface area contributed by atoms with Crippen molar-refractivity contribution in [3.05, 3.63) is 48.0 Å². The summed E-state index contributed by atoms with van der Waals surface area (Å²) in [6.45, 7) is 4.40. The molecule has 2 aromatic carbocycles. The van der Waals surface area contributed by atoms with Crippen molar-refractivity contribution < 1.29 is 23.8 Å². The molecule has 0 fully saturated rings. The fourth-order valence-electron chi connectivity index (χ4n) is 3.45. The number of carbonyl (C=O) groups is 2. The highest BCUT2D eigenvalue weighted by molar-refractivity contribution is 6.03. The van der Waals surface area contributed by atoms with Gasteiger partial charge >= 0.3 is 0 Å². The Labute approximate surface area is 169 Å². The number of amides is 2. The second-order valence-electron chi connectivity index (χ2n) is 7.21. The van der Waals surface area contributed by atoms with Crippen LogP contribution in [0.3, 0.4) is 0 Å². The first-order valence-corrected chi connectivity index (χ1v) is 9.79. The van der Waals surface area contributed by atoms with Crippen molar-refractivity contribution in [1.29, 1.82) is 0 Å². The number of para-hydroxylation sites is 2. The lowest BCUT2D eigenvalue weighted by atomic mass is 10.1. The molecule has 2 amide bonds. The summed E-state index contributed by atoms with van der Waals surface area (Å²) in [6, 6.07) is 13.1. The minimum Gasteiger partial charge on any atom is -0.486 e. The Morgan fingerprint density at radius 3 is 2.72 bits per heavy atom. The number of nitrogens with one attached hydrogen (secondary N) is 1. The molecule has 2 aliphatic heterocycles. The van der Waals surface area contributed by atoms with E-state index >= 15 is 0 Å². The molecule has 0 aromatic heterocycles. The number of fused-ring (bicyclic) bond motifs is 2. The summed E-state index contributed by atoms with van der Waals surface area (Å²) in [5.41, 5.74) is 1.62. The highest BCUT2D eigenvalue weighted by atomic mass is 16.6. The summed E-state index contributed by atoms with van der Waals surface area (Å²) < 4.78 is 17.3. The van der Waals surface area contributed by atoms with Crippen LogP contribution < -0.4 is 24.4 Å². The highest BCUT2D eigenvalue weighted by Gasteiger charge is 2.34. The zero-order valence-corrected chi connectivity index (χ0v) is 16.5. The molecule has 2 aromatic rings. The Kier molecular flexibility index (Phi) is 5.29. The lowest BCUT2D eigenvalue weighted by Crippen LogP contribution is -2.51. The molecule has 7 nitrogen and oxygen atoms in total. The van der Waals surface area contributed by atoms with Crippen LogP contribution in [-0.2, 0) is 9.59 Å². The maximum atomic E-state index is 12.8. The van der Waals surface area contributed by atoms with E-state index in [-0.39, 0.29) is 24.5 Å². The molecule has 0 unspecified atom stereocenters. The van der Waals surface area contributed by atoms with Gasteiger partial charge in [-0.25, -0.2) is 0 Å². The van der Waals surface area contributed by atoms with Crippen LogP contribution in [0.4, 0.5) is 5.69 Å². The van der Waals surface area contributed by atoms with Gasteiger partial charge in [-0.2, -0.15) is 0 Å². The first-order chi connectivity index (χ1) is 14.0. The molecule has 0 radical (unpaired) electrons. The van der Waals surface area contributed by atoms with Crippen LogP contribution in [-0.4, -0.2) is 43.7 Å². The SMILES string of the molecule is CC[C@H]1Oc2ccc(C)cc2N(CC(=O)NC[C@H]2COc3ccccc3O2)C1=O. The van der Waals surface area contributed by atoms with Crippen molar-refractivity contribution in [2.24, 2.45) is 0 Å². The Balaban J connectivity index is 1.40. The molecule has 0 saturated heterocycles. The van der Waals surface area contributed by atoms with Gasteiger partial charge in [0.25, 0.3) is 5.91 Å². The number of ether oxygens (including phenoxy) is 3. The molecule has 2 heterocycles. The molecule has 4 rings (SSSR count). The zero-order valence-electron chi connectivity index (χ0n) is 16.5. The maximum absolute atomic E-state index is 12.8. The van der Waals surface area contributed by atoms with Gasteiger partial charge in [0.15, 0.2) is 17.6 Å². The van der Waals surface area contributed by atoms with Gasteiger partial charge in [-0.3, -0.25) is 14.5 Å². The van der Waals surface area contributed by atoms with Gasteiger partial charge in [0.2, 0.25) is 5.91 Å². The van der Waals surface area contributed by atoms with E-state index in [9.17, 15) is 9.59 Å². The van der Waals surface area contributed by atoms with Crippen LogP contribution in [0.1, 0.15) is 18.9 Å². The third kappa shape index (κ3) is 3.99. The third-order valence-corrected chi connectivity index (χ3v) is 4.98. The predicted molar refractivity (Wildman–Crippen MR) is 108 cm³/mol. The summed E-state index contributed by atoms with van der Waals surface area (Å²) in [7, 11) is 0. The number of aryl methyl sites for hydroxylation is 1. The van der Waals surface area contributed by atoms with E-state index in [4.69, 9.17) is 14.2 Å². The van der Waals surface area contributed by atoms with Gasteiger partial charge in [-0.15, -0.1) is 0 Å². The van der Waals surface area contributed by atoms with Gasteiger partial charge in [0.1, 0.15) is 25.0 Å². The van der Waals surface area contributed by atoms with Crippen LogP contribution >= 0.6 is 0 Å². The molecule has 2 atom stereocenters. The van der Waals surface area contributed by atoms with Crippen molar-refractivity contribution >= 4 is 17.5 Å². The van der Waals surface area contributed by atoms with Crippen LogP contribution in [0, 0.1) is 6.92 Å². The molecular weight excluding hydrogens is 372 g/mol. The predicted octanol–water partition coefficient (Wildman–Crippen LogP) is 2.46. The monoisotopic (exact) mass is 396 g/mol. The largest absolute Gasteiger partial charge is 0.486 e. The molecule has 2 aliphatic rings. The number of benzene rings is 2. The molecule has 0 saturated carbocycles. The number of rotatable bonds is 5. The molecule has 7 heteroatoms. The lowest BCUT2D eigenvalue weighted by Gasteiger charge is -2.34. The fourth-order valence-corrected chi connectivity index (χ4v) is 3.45. The van der Waals surface area contributed by atoms with Crippen LogP contribution in [0.25, 0.3) is 0 Å². The van der Waals surface area contributed by atoms with Gasteiger partial charge in [0.05, 0.1) is 12.2 Å². The normalized spacial score (nSPS) is 19.9. The van der Waals surface area contributed by atoms with Gasteiger partial charge < -0.3 is 19.5 Å². The van der Waals surface area contributed by atoms with Crippen molar-refractivity contribution in [2.75, 3.05) is 24.6 Å². The summed E-state index contributed by atoms with van der Waals surface area (Å²) >= 11 is 0. The minimum atomic E-state index is -0.579. The Morgan fingerprint density at radius 2 is 1.93 bits per heavy atom. The summed E-state index contributed by atoms with van der Waals surface area (Å²) in [4.78, 5) is 26.9. The van der Waals surface area contributed by atoms with Crippen molar-refractivity contribution in [2.45, 2.75) is 32.5 Å². The molecule has 29 heavy (non-hydrogen) atoms. The zero-order chi connectivity index (χ0) is 20.4. The van der Waals surface area contributed by atoms with Gasteiger partial charge in [-0.1, -0.05) is 25.1 Å². The van der Waals surface area contributed by atoms with Crippen molar-refractivity contribution in [3.8, 4) is 17.2 Å². The Bertz CT molecular complexity index is 929. The first kappa shape index (κ1) is 19.1. The topological polar surface area (TPSA) is 77.1 Å². The standard InChI is InChI=1S/C22H24N2O5/c1-3-17-22(26)24(16-10-14(2)8-9-18(16)29-17)12-21(25)23-11-15-13-27-19-6-4-5-7-20(19)28-15/h4-10,15,17H,3,11-13H2,1-2H3,(H,23,25)/t15-,17+/m0/s1. The molecule has 152 valence electrons. The average Bonchev–Trinajstić information content (AvgIpc) is 2.74. The molecule has 0 aliphatic carbocycles. The smallest absolute Gasteiger partial charge is 0.268 e. The average molecular weight is 396 g/mol. The third-order valence-electron chi connectivity index (χ3n) is 4.98. The fraction of sp³-hybridized carbons (Fsp3) is 0.364. The second kappa shape index (κ2) is 8.03. The van der Waals surface area contributed by atoms with Crippen LogP contribution in [0.2, 0.25) is 0 Å². The molecular formula is C22H24N2O5. The Morgan fingerprint density at radius 1 is 1.14 bits per heavy atom. The highest BCUT2D eigenvalue weighted by Crippen LogP contribution is 2.35. The van der Waals surface area contributed by atoms with E-state index in [1.54, 1.807) is 0 Å². The van der Waals surface area contributed by atoms with E-state index in [2.05, 4.69) is 5.32 Å². The number of hydrogen-bond acceptors (Lipinski definition) is 5. The van der Waals surface area contributed by atoms with E-state index in [1.165, 1.54) is 4.90 Å². The van der Waals surface area contributed by atoms with E-state index < -0.39 is 6.10 Å². The maximum Gasteiger partial charge on any atom is 0.268 e. The molecule has 1 N–H and O–H groups in total. The Hall–Kier alpha value is -3.22. The van der Waals surface area contributed by atoms with Crippen LogP contribution in [0.15, 0.2) is 42.5 Å². The molecule has 0 bridgehead atoms. The summed E-state index contributed by atoms with van der Waals surface area (Å²) in [5, 5.41) is 2.85. The summed E-state index contributed by atoms with van der Waals surface area (Å²) in [6.07, 6.45) is -0.326. The summed E-state index contributed by atoms with van der Waals surface area (Å²) in [5.74, 6) is 1.52. The van der Waals surface area contributed by atoms with Gasteiger partial charge in [-0.05, 0) is 43.2 Å². The van der Waals surface area contributed by atoms with Gasteiger partial charge in [0, 0.05) is 0 Å². The number of carbonyl (C=O) groups excluding carboxylic acids is 2. The second-order valence-corrected chi connectivity index (χ2v) is 7.21. The first-order valence-electron chi connectivity index (χ1n) is 9.79. The van der Waals surface area contributed by atoms with E-state index in [1.807, 2.05) is 56.3 Å². The minimum absolute atomic E-state index is 0.0701. The van der Waals surface area contributed by atoms with Crippen molar-refractivity contribution in [1.82, 2.24) is 5.32 Å². The van der Waals surface area contributed by atoms with Crippen LogP contribution in [0.5, 0.6) is 17.2 Å². The van der Waals surface area contributed by atoms with E-state index in [0.717, 1.165) is 5.56 Å². The molecule has 0 spiro atoms. The number of anilines is 1.